The number of pyridine rings is 4. The largest absolute Gasteiger partial charge is 0.490 e. The lowest BCUT2D eigenvalue weighted by atomic mass is 10.1. The van der Waals surface area contributed by atoms with Crippen molar-refractivity contribution < 1.29 is 43.3 Å². The molecule has 0 saturated carbocycles. The number of nitrogens with zero attached hydrogens (tertiary/aromatic N) is 4. The Morgan fingerprint density at radius 2 is 1.10 bits per heavy atom. The Balaban J connectivity index is 0.000000193. The molecule has 6 heterocycles. The molecule has 2 aromatic carbocycles. The minimum Gasteiger partial charge on any atom is -0.490 e. The van der Waals surface area contributed by atoms with Crippen LogP contribution in [0, 0.1) is 0 Å². The number of amides is 2. The number of carbonyl (C=O) groups excluding carboxylic acids is 5. The monoisotopic (exact) mass is 949 g/mol. The van der Waals surface area contributed by atoms with Crippen molar-refractivity contribution in [3.8, 4) is 0 Å². The fraction of sp³-hybridized carbons (Fsp3) is 0.191. The van der Waals surface area contributed by atoms with Crippen molar-refractivity contribution in [2.24, 2.45) is 5.73 Å². The molecule has 2 aliphatic rings. The highest BCUT2D eigenvalue weighted by Crippen LogP contribution is 2.17. The van der Waals surface area contributed by atoms with Crippen LogP contribution >= 0.6 is 23.2 Å². The summed E-state index contributed by atoms with van der Waals surface area (Å²) in [5, 5.41) is 16.7. The van der Waals surface area contributed by atoms with Gasteiger partial charge in [-0.15, -0.1) is 0 Å². The molecule has 4 aromatic heterocycles. The van der Waals surface area contributed by atoms with Gasteiger partial charge in [0.15, 0.2) is 30.6 Å². The third-order valence-corrected chi connectivity index (χ3v) is 10.3. The molecule has 0 saturated heterocycles. The molecular weight excluding hydrogens is 909 g/mol. The Kier molecular flexibility index (Phi) is 16.6. The Bertz CT molecular complexity index is 3060. The third kappa shape index (κ3) is 13.4. The van der Waals surface area contributed by atoms with Gasteiger partial charge in [-0.05, 0) is 71.8 Å². The first-order chi connectivity index (χ1) is 32.2. The number of benzene rings is 2. The second-order valence-electron chi connectivity index (χ2n) is 14.7. The zero-order chi connectivity index (χ0) is 48.0. The Morgan fingerprint density at radius 1 is 0.657 bits per heavy atom. The van der Waals surface area contributed by atoms with Crippen LogP contribution in [0.2, 0.25) is 10.0 Å². The van der Waals surface area contributed by atoms with E-state index in [9.17, 15) is 38.4 Å². The van der Waals surface area contributed by atoms with Gasteiger partial charge >= 0.3 is 5.97 Å². The molecule has 2 amide bonds. The zero-order valence-corrected chi connectivity index (χ0v) is 36.9. The van der Waals surface area contributed by atoms with Gasteiger partial charge in [0.2, 0.25) is 0 Å². The third-order valence-electron chi connectivity index (χ3n) is 9.84. The van der Waals surface area contributed by atoms with Gasteiger partial charge in [-0.1, -0.05) is 47.5 Å². The van der Waals surface area contributed by atoms with E-state index in [-0.39, 0.29) is 79.8 Å². The van der Waals surface area contributed by atoms with Gasteiger partial charge in [0, 0.05) is 71.3 Å². The average Bonchev–Trinajstić information content (AvgIpc) is 3.96. The van der Waals surface area contributed by atoms with Crippen LogP contribution in [0.4, 0.5) is 0 Å². The van der Waals surface area contributed by atoms with E-state index in [2.05, 4.69) is 20.6 Å². The minimum atomic E-state index is -1.20. The molecule has 5 N–H and O–H groups in total. The SMILES string of the molecule is NCC1=CC(=O)CO1.O=C(O)Cn1c(=O)c(C(=O)NCc2ccc(Cl)cc2)cc2cccnc21.O=C1C=C(CCC(=O)Cn2c(=O)c(C(=O)NCc3ccc(Cl)cc3)cc3cccnc32)OC1. The summed E-state index contributed by atoms with van der Waals surface area (Å²) in [4.78, 5) is 105. The van der Waals surface area contributed by atoms with E-state index in [1.807, 2.05) is 0 Å². The van der Waals surface area contributed by atoms with Gasteiger partial charge in [0.25, 0.3) is 22.9 Å². The number of Topliss-reactive ketones (excluding diaryl/α,β-unsaturated/α-hetero) is 1. The van der Waals surface area contributed by atoms with E-state index in [1.165, 1.54) is 41.2 Å². The summed E-state index contributed by atoms with van der Waals surface area (Å²) in [5.41, 5.74) is 5.80. The van der Waals surface area contributed by atoms with E-state index in [1.54, 1.807) is 72.8 Å². The van der Waals surface area contributed by atoms with Crippen LogP contribution in [0.3, 0.4) is 0 Å². The lowest BCUT2D eigenvalue weighted by Crippen LogP contribution is -2.34. The number of halogens is 2. The number of carbonyl (C=O) groups is 6. The predicted octanol–water partition coefficient (Wildman–Crippen LogP) is 4.31. The molecule has 2 aliphatic heterocycles. The van der Waals surface area contributed by atoms with Gasteiger partial charge in [-0.25, -0.2) is 9.97 Å². The van der Waals surface area contributed by atoms with Crippen molar-refractivity contribution in [1.29, 1.82) is 0 Å². The van der Waals surface area contributed by atoms with E-state index < -0.39 is 35.4 Å². The van der Waals surface area contributed by atoms with Gasteiger partial charge < -0.3 is 30.9 Å². The summed E-state index contributed by atoms with van der Waals surface area (Å²) in [6.45, 7) is 0.0895. The van der Waals surface area contributed by atoms with Crippen LogP contribution in [-0.2, 0) is 54.8 Å². The number of hydrogen-bond donors (Lipinski definition) is 4. The van der Waals surface area contributed by atoms with Crippen LogP contribution < -0.4 is 27.5 Å². The Hall–Kier alpha value is -7.80. The first-order valence-corrected chi connectivity index (χ1v) is 21.1. The fourth-order valence-electron chi connectivity index (χ4n) is 6.56. The maximum atomic E-state index is 13.1. The van der Waals surface area contributed by atoms with Crippen molar-refractivity contribution in [1.82, 2.24) is 29.7 Å². The molecule has 20 heteroatoms. The van der Waals surface area contributed by atoms with Crippen molar-refractivity contribution in [2.45, 2.75) is 39.0 Å². The number of fused-ring (bicyclic) bond motifs is 2. The number of ether oxygens (including phenoxy) is 2. The van der Waals surface area contributed by atoms with Crippen molar-refractivity contribution in [3.63, 3.8) is 0 Å². The Morgan fingerprint density at radius 3 is 1.51 bits per heavy atom. The first-order valence-electron chi connectivity index (χ1n) is 20.4. The maximum Gasteiger partial charge on any atom is 0.323 e. The second-order valence-corrected chi connectivity index (χ2v) is 15.6. The summed E-state index contributed by atoms with van der Waals surface area (Å²) in [7, 11) is 0. The van der Waals surface area contributed by atoms with Crippen molar-refractivity contribution >= 4 is 80.4 Å². The number of ketones is 3. The summed E-state index contributed by atoms with van der Waals surface area (Å²) in [6.07, 6.45) is 6.15. The maximum absolute atomic E-state index is 13.1. The predicted molar refractivity (Wildman–Crippen MR) is 246 cm³/mol. The Labute approximate surface area is 390 Å². The van der Waals surface area contributed by atoms with E-state index in [0.29, 0.717) is 44.5 Å². The normalized spacial score (nSPS) is 12.7. The summed E-state index contributed by atoms with van der Waals surface area (Å²) < 4.78 is 12.2. The number of aliphatic carboxylic acids is 1. The zero-order valence-electron chi connectivity index (χ0n) is 35.4. The molecule has 8 rings (SSSR count). The molecule has 0 unspecified atom stereocenters. The molecule has 0 atom stereocenters. The van der Waals surface area contributed by atoms with Crippen molar-refractivity contribution in [3.05, 3.63) is 174 Å². The molecular formula is C47H41Cl2N7O11. The van der Waals surface area contributed by atoms with Crippen LogP contribution in [-0.4, -0.2) is 79.1 Å². The summed E-state index contributed by atoms with van der Waals surface area (Å²) >= 11 is 11.7. The minimum absolute atomic E-state index is 0.00505. The fourth-order valence-corrected chi connectivity index (χ4v) is 6.81. The molecule has 67 heavy (non-hydrogen) atoms. The van der Waals surface area contributed by atoms with E-state index in [0.717, 1.165) is 15.7 Å². The molecule has 0 spiro atoms. The number of hydrogen-bond acceptors (Lipinski definition) is 13. The number of carboxylic acid groups (broad SMARTS) is 1. The van der Waals surface area contributed by atoms with Crippen LogP contribution in [0.1, 0.15) is 44.7 Å². The smallest absolute Gasteiger partial charge is 0.323 e. The topological polar surface area (TPSA) is 261 Å². The quantitative estimate of drug-likeness (QED) is 0.119. The van der Waals surface area contributed by atoms with Gasteiger partial charge in [-0.3, -0.25) is 47.5 Å². The highest BCUT2D eigenvalue weighted by atomic mass is 35.5. The lowest BCUT2D eigenvalue weighted by Gasteiger charge is -2.12. The molecule has 0 bridgehead atoms. The van der Waals surface area contributed by atoms with Gasteiger partial charge in [0.05, 0.1) is 13.1 Å². The second kappa shape index (κ2) is 22.9. The van der Waals surface area contributed by atoms with E-state index in [4.69, 9.17) is 43.5 Å². The number of allylic oxidation sites excluding steroid dienone is 1. The van der Waals surface area contributed by atoms with Crippen molar-refractivity contribution in [2.75, 3.05) is 19.8 Å². The van der Waals surface area contributed by atoms with Crippen LogP contribution in [0.5, 0.6) is 0 Å². The molecule has 0 aliphatic carbocycles. The molecule has 0 fully saturated rings. The molecule has 0 radical (unpaired) electrons. The van der Waals surface area contributed by atoms with E-state index >= 15 is 0 Å². The lowest BCUT2D eigenvalue weighted by molar-refractivity contribution is -0.137. The standard InChI is InChI=1S/C24H20ClN3O5.C18H14ClN3O4.C5H7NO2/c25-17-5-3-15(4-6-17)12-27-23(31)21-10-16-2-1-9-26-22(16)28(24(21)32)13-18(29)7-8-20-11-19(30)14-33-20;19-13-5-3-11(4-6-13)9-21-17(25)14-8-12-2-1-7-20-16(12)22(18(14)26)10-15(23)24;6-2-5-1-4(7)3-8-5/h1-6,9-11H,7-8,12-14H2,(H,27,31);1-8H,9-10H2,(H,21,25)(H,23,24);1H,2-3,6H2. The van der Waals surface area contributed by atoms with Gasteiger partial charge in [-0.2, -0.15) is 0 Å². The first kappa shape index (κ1) is 48.7. The molecule has 6 aromatic rings. The highest BCUT2D eigenvalue weighted by molar-refractivity contribution is 6.30. The summed E-state index contributed by atoms with van der Waals surface area (Å²) in [5.74, 6) is -1.66. The molecule has 344 valence electrons. The number of rotatable bonds is 14. The number of nitrogens with one attached hydrogen (secondary N) is 2. The van der Waals surface area contributed by atoms with Gasteiger partial charge in [0.1, 0.15) is 40.5 Å². The highest BCUT2D eigenvalue weighted by Gasteiger charge is 2.21. The number of aromatic nitrogens is 4. The number of carboxylic acids is 1. The van der Waals surface area contributed by atoms with Crippen LogP contribution in [0.15, 0.2) is 131 Å². The molecule has 18 nitrogen and oxygen atoms in total. The number of nitrogens with two attached hydrogens (primary N) is 1. The average molecular weight is 951 g/mol. The van der Waals surface area contributed by atoms with Crippen LogP contribution in [0.25, 0.3) is 22.1 Å². The summed E-state index contributed by atoms with van der Waals surface area (Å²) in [6, 6.07) is 23.5.